The van der Waals surface area contributed by atoms with Crippen molar-refractivity contribution in [1.82, 2.24) is 0 Å². The van der Waals surface area contributed by atoms with Crippen molar-refractivity contribution in [2.75, 3.05) is 6.61 Å². The molecule has 0 aromatic rings. The largest absolute Gasteiger partial charge is 0.743 e. The van der Waals surface area contributed by atoms with Gasteiger partial charge in [-0.25, -0.2) is 8.42 Å². The first-order valence-corrected chi connectivity index (χ1v) is 7.70. The molecule has 0 N–H and O–H groups in total. The molecule has 1 aliphatic heterocycles. The molecule has 4 atom stereocenters. The Morgan fingerprint density at radius 1 is 1.48 bits per heavy atom. The van der Waals surface area contributed by atoms with Crippen LogP contribution in [0.15, 0.2) is 0 Å². The first-order valence-electron chi connectivity index (χ1n) is 6.29. The Bertz CT molecular complexity index is 616. The fourth-order valence-electron chi connectivity index (χ4n) is 3.67. The third kappa shape index (κ3) is 1.88. The molecule has 4 unspecified atom stereocenters. The molecule has 2 saturated carbocycles. The molecule has 118 valence electrons. The molecule has 0 amide bonds. The highest BCUT2D eigenvalue weighted by molar-refractivity contribution is 7.86. The summed E-state index contributed by atoms with van der Waals surface area (Å²) in [5.74, 6) is -2.37. The lowest BCUT2D eigenvalue weighted by Crippen LogP contribution is -2.44. The molecule has 1 heterocycles. The summed E-state index contributed by atoms with van der Waals surface area (Å²) < 4.78 is 66.4. The van der Waals surface area contributed by atoms with Crippen LogP contribution in [0, 0.1) is 17.3 Å². The van der Waals surface area contributed by atoms with Crippen molar-refractivity contribution in [2.24, 2.45) is 17.3 Å². The van der Waals surface area contributed by atoms with Gasteiger partial charge in [0.15, 0.2) is 22.1 Å². The van der Waals surface area contributed by atoms with E-state index in [4.69, 9.17) is 4.74 Å². The van der Waals surface area contributed by atoms with Crippen LogP contribution in [0.5, 0.6) is 0 Å². The molecular formula is C11H11F2O7S-. The van der Waals surface area contributed by atoms with Crippen molar-refractivity contribution < 1.29 is 40.8 Å². The number of hydrogen-bond donors (Lipinski definition) is 0. The number of esters is 2. The maximum absolute atomic E-state index is 13.0. The van der Waals surface area contributed by atoms with E-state index in [0.29, 0.717) is 12.8 Å². The minimum Gasteiger partial charge on any atom is -0.743 e. The molecule has 0 aromatic carbocycles. The summed E-state index contributed by atoms with van der Waals surface area (Å²) in [5, 5.41) is -4.72. The highest BCUT2D eigenvalue weighted by Crippen LogP contribution is 2.62. The summed E-state index contributed by atoms with van der Waals surface area (Å²) >= 11 is 0. The van der Waals surface area contributed by atoms with Gasteiger partial charge in [-0.2, -0.15) is 8.78 Å². The second-order valence-electron chi connectivity index (χ2n) is 5.73. The standard InChI is InChI=1S/C11H12F2O7S/c12-11(13,21(16,17)18)4-19-8(14)10-3-5-1-6(10)7(2-5)20-9(10)15/h5-7H,1-4H2,(H,16,17,18)/p-1. The molecule has 2 bridgehead atoms. The first-order chi connectivity index (χ1) is 9.58. The predicted molar refractivity (Wildman–Crippen MR) is 58.7 cm³/mol. The maximum atomic E-state index is 13.0. The minimum atomic E-state index is -5.94. The highest BCUT2D eigenvalue weighted by Gasteiger charge is 2.71. The Morgan fingerprint density at radius 3 is 2.71 bits per heavy atom. The monoisotopic (exact) mass is 325 g/mol. The van der Waals surface area contributed by atoms with Crippen molar-refractivity contribution >= 4 is 22.1 Å². The number of hydrogen-bond acceptors (Lipinski definition) is 7. The van der Waals surface area contributed by atoms with Gasteiger partial charge in [-0.3, -0.25) is 9.59 Å². The van der Waals surface area contributed by atoms with Gasteiger partial charge >= 0.3 is 17.2 Å². The van der Waals surface area contributed by atoms with Gasteiger partial charge in [-0.15, -0.1) is 0 Å². The third-order valence-electron chi connectivity index (χ3n) is 4.57. The number of rotatable bonds is 4. The number of fused-ring (bicyclic) bond motifs is 1. The minimum absolute atomic E-state index is 0.0859. The maximum Gasteiger partial charge on any atom is 0.367 e. The third-order valence-corrected chi connectivity index (χ3v) is 5.42. The molecule has 3 rings (SSSR count). The van der Waals surface area contributed by atoms with E-state index in [1.807, 2.05) is 0 Å². The van der Waals surface area contributed by atoms with E-state index in [1.54, 1.807) is 0 Å². The van der Waals surface area contributed by atoms with E-state index in [-0.39, 0.29) is 12.3 Å². The Kier molecular flexibility index (Phi) is 2.88. The van der Waals surface area contributed by atoms with Gasteiger partial charge in [-0.1, -0.05) is 0 Å². The fraction of sp³-hybridized carbons (Fsp3) is 0.818. The van der Waals surface area contributed by atoms with Crippen LogP contribution in [-0.4, -0.2) is 42.9 Å². The SMILES string of the molecule is O=C(OCC(F)(F)S(=O)(=O)[O-])C12CC3CC(OC1=O)C2C3. The van der Waals surface area contributed by atoms with Crippen molar-refractivity contribution in [3.63, 3.8) is 0 Å². The van der Waals surface area contributed by atoms with E-state index in [9.17, 15) is 31.3 Å². The van der Waals surface area contributed by atoms with Crippen LogP contribution in [0.3, 0.4) is 0 Å². The second kappa shape index (κ2) is 4.13. The molecule has 0 radical (unpaired) electrons. The first kappa shape index (κ1) is 14.6. The number of carbonyl (C=O) groups excluding carboxylic acids is 2. The summed E-state index contributed by atoms with van der Waals surface area (Å²) in [6.45, 7) is -1.89. The Morgan fingerprint density at radius 2 is 2.14 bits per heavy atom. The van der Waals surface area contributed by atoms with Crippen molar-refractivity contribution in [3.8, 4) is 0 Å². The van der Waals surface area contributed by atoms with E-state index in [1.165, 1.54) is 0 Å². The number of ether oxygens (including phenoxy) is 2. The van der Waals surface area contributed by atoms with Gasteiger partial charge in [0.2, 0.25) is 0 Å². The molecule has 3 fully saturated rings. The van der Waals surface area contributed by atoms with Crippen LogP contribution in [0.1, 0.15) is 19.3 Å². The summed E-state index contributed by atoms with van der Waals surface area (Å²) in [6, 6.07) is 0. The van der Waals surface area contributed by atoms with Gasteiger partial charge in [0.1, 0.15) is 6.10 Å². The Hall–Kier alpha value is -1.29. The van der Waals surface area contributed by atoms with E-state index in [0.717, 1.165) is 0 Å². The number of halogens is 2. The van der Waals surface area contributed by atoms with Crippen LogP contribution in [0.2, 0.25) is 0 Å². The molecule has 2 aliphatic carbocycles. The lowest BCUT2D eigenvalue weighted by Gasteiger charge is -2.27. The van der Waals surface area contributed by atoms with Gasteiger partial charge in [0.25, 0.3) is 0 Å². The normalized spacial score (nSPS) is 37.7. The molecule has 3 aliphatic rings. The van der Waals surface area contributed by atoms with Crippen LogP contribution >= 0.6 is 0 Å². The van der Waals surface area contributed by atoms with Gasteiger partial charge in [0.05, 0.1) is 0 Å². The van der Waals surface area contributed by atoms with Gasteiger partial charge < -0.3 is 14.0 Å². The fourth-order valence-corrected chi connectivity index (χ4v) is 3.87. The average Bonchev–Trinajstić information content (AvgIpc) is 2.94. The smallest absolute Gasteiger partial charge is 0.367 e. The summed E-state index contributed by atoms with van der Waals surface area (Å²) in [4.78, 5) is 23.9. The molecule has 0 spiro atoms. The zero-order valence-corrected chi connectivity index (χ0v) is 11.4. The van der Waals surface area contributed by atoms with Gasteiger partial charge in [-0.05, 0) is 25.2 Å². The lowest BCUT2D eigenvalue weighted by atomic mass is 9.74. The van der Waals surface area contributed by atoms with Crippen molar-refractivity contribution in [3.05, 3.63) is 0 Å². The predicted octanol–water partition coefficient (Wildman–Crippen LogP) is 0.00930. The van der Waals surface area contributed by atoms with Crippen LogP contribution in [-0.2, 0) is 29.2 Å². The zero-order valence-electron chi connectivity index (χ0n) is 10.6. The highest BCUT2D eigenvalue weighted by atomic mass is 32.2. The van der Waals surface area contributed by atoms with Crippen LogP contribution in [0.25, 0.3) is 0 Å². The molecule has 0 aromatic heterocycles. The van der Waals surface area contributed by atoms with Crippen molar-refractivity contribution in [1.29, 1.82) is 0 Å². The Balaban J connectivity index is 1.76. The molecule has 21 heavy (non-hydrogen) atoms. The zero-order chi connectivity index (χ0) is 15.6. The van der Waals surface area contributed by atoms with E-state index in [2.05, 4.69) is 4.74 Å². The second-order valence-corrected chi connectivity index (χ2v) is 7.24. The van der Waals surface area contributed by atoms with E-state index >= 15 is 0 Å². The number of alkyl halides is 2. The molecular weight excluding hydrogens is 314 g/mol. The molecule has 7 nitrogen and oxygen atoms in total. The van der Waals surface area contributed by atoms with Crippen LogP contribution in [0.4, 0.5) is 8.78 Å². The quantitative estimate of drug-likeness (QED) is 0.407. The summed E-state index contributed by atoms with van der Waals surface area (Å²) in [6.07, 6.45) is 0.951. The van der Waals surface area contributed by atoms with Crippen LogP contribution < -0.4 is 0 Å². The lowest BCUT2D eigenvalue weighted by molar-refractivity contribution is -0.169. The van der Waals surface area contributed by atoms with Crippen molar-refractivity contribution in [2.45, 2.75) is 30.6 Å². The molecule has 1 saturated heterocycles. The average molecular weight is 325 g/mol. The Labute approximate surface area is 118 Å². The van der Waals surface area contributed by atoms with E-state index < -0.39 is 51.4 Å². The van der Waals surface area contributed by atoms with Gasteiger partial charge in [0, 0.05) is 5.92 Å². The number of carbonyl (C=O) groups is 2. The molecule has 10 heteroatoms. The summed E-state index contributed by atoms with van der Waals surface area (Å²) in [5.41, 5.74) is -1.61. The topological polar surface area (TPSA) is 110 Å². The summed E-state index contributed by atoms with van der Waals surface area (Å²) in [7, 11) is -5.94.